The van der Waals surface area contributed by atoms with Crippen LogP contribution in [-0.4, -0.2) is 34.2 Å². The lowest BCUT2D eigenvalue weighted by atomic mass is 9.98. The van der Waals surface area contributed by atoms with E-state index in [1.807, 2.05) is 24.3 Å². The van der Waals surface area contributed by atoms with Crippen molar-refractivity contribution >= 4 is 34.5 Å². The first-order valence-corrected chi connectivity index (χ1v) is 9.88. The Morgan fingerprint density at radius 3 is 2.67 bits per heavy atom. The molecule has 1 aromatic heterocycles. The van der Waals surface area contributed by atoms with Crippen molar-refractivity contribution in [1.29, 1.82) is 0 Å². The zero-order valence-electron chi connectivity index (χ0n) is 16.2. The van der Waals surface area contributed by atoms with Gasteiger partial charge in [0.15, 0.2) is 0 Å². The molecule has 8 heteroatoms. The topological polar surface area (TPSA) is 38.1 Å². The number of hydrogen-bond donors (Lipinski definition) is 0. The largest absolute Gasteiger partial charge is 0.416 e. The molecule has 4 rings (SSSR count). The molecule has 1 atom stereocenters. The van der Waals surface area contributed by atoms with Gasteiger partial charge in [0.25, 0.3) is 0 Å². The van der Waals surface area contributed by atoms with Gasteiger partial charge in [0.2, 0.25) is 6.41 Å². The fraction of sp³-hybridized carbons (Fsp3) is 0.273. The summed E-state index contributed by atoms with van der Waals surface area (Å²) in [7, 11) is 0. The molecule has 0 fully saturated rings. The van der Waals surface area contributed by atoms with Crippen LogP contribution in [0.3, 0.4) is 0 Å². The van der Waals surface area contributed by atoms with Crippen LogP contribution in [0.25, 0.3) is 16.5 Å². The van der Waals surface area contributed by atoms with Crippen LogP contribution in [0.15, 0.2) is 48.7 Å². The second kappa shape index (κ2) is 7.80. The molecule has 0 saturated heterocycles. The van der Waals surface area contributed by atoms with Gasteiger partial charge in [-0.15, -0.1) is 0 Å². The molecule has 2 heterocycles. The van der Waals surface area contributed by atoms with Gasteiger partial charge in [-0.3, -0.25) is 9.48 Å². The van der Waals surface area contributed by atoms with Crippen molar-refractivity contribution in [2.45, 2.75) is 25.6 Å². The van der Waals surface area contributed by atoms with Gasteiger partial charge < -0.3 is 4.90 Å². The number of fused-ring (bicyclic) bond motifs is 1. The number of amides is 1. The molecule has 0 bridgehead atoms. The monoisotopic (exact) mass is 433 g/mol. The minimum absolute atomic E-state index is 0.0412. The minimum Gasteiger partial charge on any atom is -0.341 e. The van der Waals surface area contributed by atoms with Crippen LogP contribution in [0, 0.1) is 0 Å². The number of halogens is 4. The van der Waals surface area contributed by atoms with Crippen molar-refractivity contribution in [2.75, 3.05) is 13.1 Å². The summed E-state index contributed by atoms with van der Waals surface area (Å²) in [5.41, 5.74) is 2.20. The first-order valence-electron chi connectivity index (χ1n) is 9.50. The number of aromatic nitrogens is 2. The second-order valence-electron chi connectivity index (χ2n) is 7.35. The summed E-state index contributed by atoms with van der Waals surface area (Å²) in [6, 6.07) is 9.03. The van der Waals surface area contributed by atoms with Crippen molar-refractivity contribution < 1.29 is 18.0 Å². The van der Waals surface area contributed by atoms with Crippen molar-refractivity contribution in [3.05, 3.63) is 70.4 Å². The quantitative estimate of drug-likeness (QED) is 0.505. The van der Waals surface area contributed by atoms with Crippen LogP contribution >= 0.6 is 11.6 Å². The van der Waals surface area contributed by atoms with Crippen molar-refractivity contribution in [3.8, 4) is 0 Å². The van der Waals surface area contributed by atoms with E-state index in [1.54, 1.807) is 22.7 Å². The summed E-state index contributed by atoms with van der Waals surface area (Å²) < 4.78 is 42.4. The van der Waals surface area contributed by atoms with Gasteiger partial charge in [-0.25, -0.2) is 0 Å². The molecule has 1 unspecified atom stereocenters. The number of hydrogen-bond acceptors (Lipinski definition) is 2. The van der Waals surface area contributed by atoms with Gasteiger partial charge >= 0.3 is 6.18 Å². The Bertz CT molecular complexity index is 1140. The fourth-order valence-corrected chi connectivity index (χ4v) is 4.03. The molecule has 30 heavy (non-hydrogen) atoms. The van der Waals surface area contributed by atoms with Gasteiger partial charge in [0.1, 0.15) is 0 Å². The fourth-order valence-electron chi connectivity index (χ4n) is 3.86. The lowest BCUT2D eigenvalue weighted by molar-refractivity contribution is -0.138. The van der Waals surface area contributed by atoms with Crippen LogP contribution < -0.4 is 0 Å². The third-order valence-corrected chi connectivity index (χ3v) is 5.73. The molecule has 2 aromatic carbocycles. The third kappa shape index (κ3) is 3.81. The lowest BCUT2D eigenvalue weighted by Gasteiger charge is -2.23. The van der Waals surface area contributed by atoms with Gasteiger partial charge in [0, 0.05) is 23.5 Å². The summed E-state index contributed by atoms with van der Waals surface area (Å²) >= 11 is 5.82. The summed E-state index contributed by atoms with van der Waals surface area (Å²) in [6.45, 7) is 2.88. The van der Waals surface area contributed by atoms with E-state index in [2.05, 4.69) is 5.10 Å². The molecule has 1 aliphatic heterocycles. The number of rotatable bonds is 4. The molecule has 1 aliphatic rings. The van der Waals surface area contributed by atoms with E-state index in [4.69, 9.17) is 11.6 Å². The lowest BCUT2D eigenvalue weighted by Crippen LogP contribution is -2.26. The van der Waals surface area contributed by atoms with E-state index >= 15 is 0 Å². The third-order valence-electron chi connectivity index (χ3n) is 5.50. The molecule has 4 nitrogen and oxygen atoms in total. The normalized spacial score (nSPS) is 15.9. The zero-order chi connectivity index (χ0) is 21.5. The molecule has 156 valence electrons. The van der Waals surface area contributed by atoms with E-state index < -0.39 is 17.8 Å². The number of carbonyl (C=O) groups excluding carboxylic acids is 1. The van der Waals surface area contributed by atoms with Crippen LogP contribution in [-0.2, 0) is 11.0 Å². The SMILES string of the molecule is CC(c1ccc(Cl)cc1C(F)(F)F)n1ncc2ccc(C3=CCN(C=O)CC3)cc21. The van der Waals surface area contributed by atoms with E-state index in [9.17, 15) is 18.0 Å². The number of alkyl halides is 3. The number of benzene rings is 2. The molecule has 0 saturated carbocycles. The predicted octanol–water partition coefficient (Wildman–Crippen LogP) is 5.56. The molecular formula is C22H19ClF3N3O. The van der Waals surface area contributed by atoms with Gasteiger partial charge in [-0.2, -0.15) is 18.3 Å². The molecule has 0 radical (unpaired) electrons. The number of carbonyl (C=O) groups is 1. The van der Waals surface area contributed by atoms with Crippen molar-refractivity contribution in [2.24, 2.45) is 0 Å². The van der Waals surface area contributed by atoms with Crippen molar-refractivity contribution in [3.63, 3.8) is 0 Å². The molecule has 0 N–H and O–H groups in total. The van der Waals surface area contributed by atoms with E-state index in [0.29, 0.717) is 13.1 Å². The van der Waals surface area contributed by atoms with Crippen LogP contribution in [0.1, 0.15) is 36.1 Å². The highest BCUT2D eigenvalue weighted by Gasteiger charge is 2.35. The van der Waals surface area contributed by atoms with Crippen molar-refractivity contribution in [1.82, 2.24) is 14.7 Å². The van der Waals surface area contributed by atoms with E-state index in [0.717, 1.165) is 40.9 Å². The Kier molecular flexibility index (Phi) is 5.32. The molecule has 0 spiro atoms. The first kappa shape index (κ1) is 20.5. The standard InChI is InChI=1S/C22H19ClF3N3O/c1-14(19-5-4-18(23)11-20(19)22(24,25)26)29-21-10-16(2-3-17(21)12-27-29)15-6-8-28(13-30)9-7-15/h2-6,10-14H,7-9H2,1H3. The van der Waals surface area contributed by atoms with E-state index in [1.165, 1.54) is 12.1 Å². The Morgan fingerprint density at radius 1 is 1.20 bits per heavy atom. The maximum absolute atomic E-state index is 13.6. The maximum atomic E-state index is 13.6. The Labute approximate surface area is 176 Å². The second-order valence-corrected chi connectivity index (χ2v) is 7.78. The van der Waals surface area contributed by atoms with E-state index in [-0.39, 0.29) is 10.6 Å². The van der Waals surface area contributed by atoms with Gasteiger partial charge in [0.05, 0.1) is 23.3 Å². The average Bonchev–Trinajstić information content (AvgIpc) is 3.16. The van der Waals surface area contributed by atoms with Gasteiger partial charge in [-0.05, 0) is 48.2 Å². The molecule has 1 amide bonds. The smallest absolute Gasteiger partial charge is 0.341 e. The molecular weight excluding hydrogens is 415 g/mol. The summed E-state index contributed by atoms with van der Waals surface area (Å²) in [6.07, 6.45) is 0.702. The summed E-state index contributed by atoms with van der Waals surface area (Å²) in [5.74, 6) is 0. The Balaban J connectivity index is 1.76. The van der Waals surface area contributed by atoms with Crippen LogP contribution in [0.5, 0.6) is 0 Å². The highest BCUT2D eigenvalue weighted by atomic mass is 35.5. The summed E-state index contributed by atoms with van der Waals surface area (Å²) in [4.78, 5) is 12.6. The van der Waals surface area contributed by atoms with Crippen LogP contribution in [0.4, 0.5) is 13.2 Å². The average molecular weight is 434 g/mol. The Hall–Kier alpha value is -2.80. The minimum atomic E-state index is -4.51. The number of nitrogens with zero attached hydrogens (tertiary/aromatic N) is 3. The molecule has 0 aliphatic carbocycles. The highest BCUT2D eigenvalue weighted by Crippen LogP contribution is 2.38. The maximum Gasteiger partial charge on any atom is 0.416 e. The van der Waals surface area contributed by atoms with Crippen LogP contribution in [0.2, 0.25) is 5.02 Å². The zero-order valence-corrected chi connectivity index (χ0v) is 16.9. The molecule has 3 aromatic rings. The van der Waals surface area contributed by atoms with Gasteiger partial charge in [-0.1, -0.05) is 35.9 Å². The predicted molar refractivity (Wildman–Crippen MR) is 110 cm³/mol. The summed E-state index contributed by atoms with van der Waals surface area (Å²) in [5, 5.41) is 5.26. The Morgan fingerprint density at radius 2 is 2.00 bits per heavy atom. The first-order chi connectivity index (χ1) is 14.3. The highest BCUT2D eigenvalue weighted by molar-refractivity contribution is 6.30.